The molecule has 0 amide bonds. The van der Waals surface area contributed by atoms with Gasteiger partial charge in [0.05, 0.1) is 13.2 Å². The van der Waals surface area contributed by atoms with Gasteiger partial charge in [-0.15, -0.1) is 0 Å². The number of aliphatic carboxylic acids is 1. The molecule has 0 spiro atoms. The van der Waals surface area contributed by atoms with Gasteiger partial charge < -0.3 is 58.2 Å². The van der Waals surface area contributed by atoms with Crippen LogP contribution in [0.25, 0.3) is 0 Å². The number of hydrogen-bond acceptors (Lipinski definition) is 13. The molecule has 0 aromatic rings. The van der Waals surface area contributed by atoms with Crippen LogP contribution in [0.1, 0.15) is 60.8 Å². The van der Waals surface area contributed by atoms with E-state index in [1.807, 2.05) is 0 Å². The molecule has 0 bridgehead atoms. The van der Waals surface area contributed by atoms with E-state index in [1.165, 1.54) is 14.2 Å². The highest BCUT2D eigenvalue weighted by atomic mass is 17.0. The molecule has 0 heterocycles. The van der Waals surface area contributed by atoms with Crippen LogP contribution in [0.5, 0.6) is 0 Å². The summed E-state index contributed by atoms with van der Waals surface area (Å²) in [6.07, 6.45) is -1.13. The largest absolute Gasteiger partial charge is 0.481 e. The Labute approximate surface area is 231 Å². The Morgan fingerprint density at radius 3 is 1.56 bits per heavy atom. The van der Waals surface area contributed by atoms with Crippen molar-refractivity contribution in [1.82, 2.24) is 0 Å². The second kappa shape index (κ2) is 19.6. The number of hydrogen-bond donors (Lipinski definition) is 2. The first-order chi connectivity index (χ1) is 18.6. The van der Waals surface area contributed by atoms with Gasteiger partial charge in [-0.2, -0.15) is 0 Å². The van der Waals surface area contributed by atoms with E-state index in [1.54, 1.807) is 41.5 Å². The fraction of sp³-hybridized carbons (Fsp3) is 0.920. The van der Waals surface area contributed by atoms with Crippen LogP contribution >= 0.6 is 0 Å². The standard InChI is InChI=1S/C25H49NO13/c1-9-32-23(33-10-2,34-11-3)20(30-7)17-18-38-25(36-13-5,37-14-6)24(31-8,35-12-4)39-22(29)19(26)15-16-21(27)28/h19-20H,9-18,26H2,1-8H3,(H,27,28)/t19-,20?,24?/m0/s1. The van der Waals surface area contributed by atoms with Gasteiger partial charge in [0.15, 0.2) is 0 Å². The van der Waals surface area contributed by atoms with E-state index in [0.717, 1.165) is 0 Å². The highest BCUT2D eigenvalue weighted by Gasteiger charge is 2.63. The van der Waals surface area contributed by atoms with Gasteiger partial charge in [-0.25, -0.2) is 0 Å². The monoisotopic (exact) mass is 571 g/mol. The van der Waals surface area contributed by atoms with E-state index in [4.69, 9.17) is 58.2 Å². The summed E-state index contributed by atoms with van der Waals surface area (Å²) in [5, 5.41) is 8.94. The number of carbonyl (C=O) groups excluding carboxylic acids is 1. The van der Waals surface area contributed by atoms with Crippen molar-refractivity contribution in [3.63, 3.8) is 0 Å². The van der Waals surface area contributed by atoms with E-state index in [-0.39, 0.29) is 65.5 Å². The number of methoxy groups -OCH3 is 2. The molecular formula is C25H49NO13. The van der Waals surface area contributed by atoms with Crippen molar-refractivity contribution in [2.75, 3.05) is 60.5 Å². The SMILES string of the molecule is CCOC(OCC)(OCC)C(CCOC(OCC)(OCC)C(OC)(OCC)OC(=O)[C@@H](N)CCC(=O)O)OC. The Morgan fingerprint density at radius 2 is 1.18 bits per heavy atom. The number of rotatable bonds is 25. The summed E-state index contributed by atoms with van der Waals surface area (Å²) >= 11 is 0. The van der Waals surface area contributed by atoms with Crippen molar-refractivity contribution in [2.24, 2.45) is 5.73 Å². The Morgan fingerprint density at radius 1 is 0.718 bits per heavy atom. The van der Waals surface area contributed by atoms with Crippen LogP contribution in [0, 0.1) is 0 Å². The fourth-order valence-corrected chi connectivity index (χ4v) is 3.72. The van der Waals surface area contributed by atoms with Gasteiger partial charge in [0, 0.05) is 60.1 Å². The normalized spacial score (nSPS) is 15.5. The summed E-state index contributed by atoms with van der Waals surface area (Å²) < 4.78 is 57.8. The lowest BCUT2D eigenvalue weighted by molar-refractivity contribution is -0.547. The van der Waals surface area contributed by atoms with E-state index >= 15 is 0 Å². The van der Waals surface area contributed by atoms with Gasteiger partial charge in [0.2, 0.25) is 0 Å². The smallest absolute Gasteiger partial charge is 0.416 e. The van der Waals surface area contributed by atoms with Gasteiger partial charge in [-0.05, 0) is 48.0 Å². The Balaban J connectivity index is 6.25. The van der Waals surface area contributed by atoms with Crippen LogP contribution in [0.15, 0.2) is 0 Å². The number of nitrogens with two attached hydrogens (primary N) is 1. The second-order valence-corrected chi connectivity index (χ2v) is 7.84. The summed E-state index contributed by atoms with van der Waals surface area (Å²) in [7, 11) is 2.69. The summed E-state index contributed by atoms with van der Waals surface area (Å²) in [5.41, 5.74) is 5.88. The third kappa shape index (κ3) is 10.8. The minimum Gasteiger partial charge on any atom is -0.481 e. The van der Waals surface area contributed by atoms with Crippen molar-refractivity contribution >= 4 is 11.9 Å². The molecule has 0 saturated carbocycles. The first-order valence-electron chi connectivity index (χ1n) is 13.3. The zero-order valence-electron chi connectivity index (χ0n) is 24.6. The lowest BCUT2D eigenvalue weighted by atomic mass is 10.2. The van der Waals surface area contributed by atoms with Crippen LogP contribution in [0.4, 0.5) is 0 Å². The molecule has 0 fully saturated rings. The van der Waals surface area contributed by atoms with E-state index in [0.29, 0.717) is 0 Å². The molecule has 14 nitrogen and oxygen atoms in total. The van der Waals surface area contributed by atoms with Gasteiger partial charge in [-0.1, -0.05) is 0 Å². The molecule has 0 saturated heterocycles. The molecule has 0 aliphatic carbocycles. The molecule has 0 aliphatic heterocycles. The maximum absolute atomic E-state index is 12.9. The number of carboxylic acids is 1. The zero-order chi connectivity index (χ0) is 30.0. The van der Waals surface area contributed by atoms with E-state index in [2.05, 4.69) is 0 Å². The molecule has 2 unspecified atom stereocenters. The predicted molar refractivity (Wildman–Crippen MR) is 137 cm³/mol. The van der Waals surface area contributed by atoms with Crippen molar-refractivity contribution in [3.05, 3.63) is 0 Å². The molecule has 39 heavy (non-hydrogen) atoms. The van der Waals surface area contributed by atoms with E-state index < -0.39 is 42.0 Å². The third-order valence-corrected chi connectivity index (χ3v) is 5.24. The first-order valence-corrected chi connectivity index (χ1v) is 13.3. The van der Waals surface area contributed by atoms with Crippen LogP contribution in [-0.2, 0) is 57.0 Å². The topological polar surface area (TPSA) is 173 Å². The Kier molecular flexibility index (Phi) is 18.9. The molecule has 0 aromatic carbocycles. The Bertz CT molecular complexity index is 657. The van der Waals surface area contributed by atoms with E-state index in [9.17, 15) is 9.59 Å². The molecular weight excluding hydrogens is 522 g/mol. The quantitative estimate of drug-likeness (QED) is 0.120. The van der Waals surface area contributed by atoms with Gasteiger partial charge in [-0.3, -0.25) is 9.59 Å². The van der Waals surface area contributed by atoms with Crippen molar-refractivity contribution in [1.29, 1.82) is 0 Å². The lowest BCUT2D eigenvalue weighted by Gasteiger charge is -2.45. The molecule has 0 aromatic heterocycles. The summed E-state index contributed by atoms with van der Waals surface area (Å²) in [6, 6.07) is -1.29. The molecule has 3 N–H and O–H groups in total. The number of carboxylic acid groups (broad SMARTS) is 1. The average Bonchev–Trinajstić information content (AvgIpc) is 2.89. The zero-order valence-corrected chi connectivity index (χ0v) is 24.6. The molecule has 0 rings (SSSR count). The maximum Gasteiger partial charge on any atom is 0.416 e. The van der Waals surface area contributed by atoms with Crippen molar-refractivity contribution in [3.8, 4) is 0 Å². The molecule has 0 aliphatic rings. The predicted octanol–water partition coefficient (Wildman–Crippen LogP) is 1.97. The molecule has 3 atom stereocenters. The minimum atomic E-state index is -2.37. The molecule has 232 valence electrons. The lowest BCUT2D eigenvalue weighted by Crippen LogP contribution is -2.65. The summed E-state index contributed by atoms with van der Waals surface area (Å²) in [6.45, 7) is 11.2. The first kappa shape index (κ1) is 37.5. The maximum atomic E-state index is 12.9. The highest BCUT2D eigenvalue weighted by molar-refractivity contribution is 5.77. The van der Waals surface area contributed by atoms with Gasteiger partial charge >= 0.3 is 29.9 Å². The fourth-order valence-electron chi connectivity index (χ4n) is 3.72. The van der Waals surface area contributed by atoms with Gasteiger partial charge in [0.25, 0.3) is 0 Å². The van der Waals surface area contributed by atoms with Crippen LogP contribution in [0.2, 0.25) is 0 Å². The Hall–Kier alpha value is -1.46. The second-order valence-electron chi connectivity index (χ2n) is 7.84. The van der Waals surface area contributed by atoms with Crippen molar-refractivity contribution in [2.45, 2.75) is 90.9 Å². The van der Waals surface area contributed by atoms with Crippen LogP contribution < -0.4 is 5.73 Å². The van der Waals surface area contributed by atoms with Gasteiger partial charge in [0.1, 0.15) is 12.1 Å². The van der Waals surface area contributed by atoms with Crippen LogP contribution in [-0.4, -0.2) is 108 Å². The van der Waals surface area contributed by atoms with Crippen LogP contribution in [0.3, 0.4) is 0 Å². The average molecular weight is 572 g/mol. The third-order valence-electron chi connectivity index (χ3n) is 5.24. The molecule has 14 heteroatoms. The summed E-state index contributed by atoms with van der Waals surface area (Å²) in [5.74, 6) is -8.20. The summed E-state index contributed by atoms with van der Waals surface area (Å²) in [4.78, 5) is 23.8. The number of carbonyl (C=O) groups is 2. The number of esters is 1. The van der Waals surface area contributed by atoms with Crippen molar-refractivity contribution < 1.29 is 62.1 Å². The highest BCUT2D eigenvalue weighted by Crippen LogP contribution is 2.37. The number of ether oxygens (including phenoxy) is 10. The molecule has 0 radical (unpaired) electrons. The minimum absolute atomic E-state index is 0.0143.